The van der Waals surface area contributed by atoms with Crippen molar-refractivity contribution in [3.05, 3.63) is 32.6 Å². The van der Waals surface area contributed by atoms with E-state index in [1.807, 2.05) is 4.98 Å². The van der Waals surface area contributed by atoms with Crippen molar-refractivity contribution < 1.29 is 24.9 Å². The first-order chi connectivity index (χ1) is 9.85. The smallest absolute Gasteiger partial charge is 0.330 e. The van der Waals surface area contributed by atoms with Gasteiger partial charge in [-0.2, -0.15) is 0 Å². The highest BCUT2D eigenvalue weighted by molar-refractivity contribution is 5.76. The van der Waals surface area contributed by atoms with Crippen LogP contribution in [0.15, 0.2) is 15.8 Å². The van der Waals surface area contributed by atoms with Crippen LogP contribution in [0.5, 0.6) is 0 Å². The molecule has 2 rings (SSSR count). The quantitative estimate of drug-likeness (QED) is 0.379. The molecule has 1 aromatic rings. The highest BCUT2D eigenvalue weighted by Gasteiger charge is 2.43. The molecule has 1 aromatic heterocycles. The second kappa shape index (κ2) is 5.77. The maximum Gasteiger partial charge on any atom is 0.330 e. The standard InChI is InChI=1S/C11H15N3O7/c12-6(16)1-4-2-14(11(20)13-9(4)19)10-8(18)7(17)5(3-15)21-10/h2,5,7-8,10,15,17-18H,1,3H2,(H2,12,16)(H,13,19,20)/t5-,7+,8?,10-/m1/s1. The fourth-order valence-electron chi connectivity index (χ4n) is 2.14. The normalized spacial score (nSPS) is 28.7. The number of hydrogen-bond donors (Lipinski definition) is 5. The van der Waals surface area contributed by atoms with Gasteiger partial charge in [-0.3, -0.25) is 19.1 Å². The van der Waals surface area contributed by atoms with Crippen LogP contribution in [0.25, 0.3) is 0 Å². The first kappa shape index (κ1) is 15.4. The highest BCUT2D eigenvalue weighted by atomic mass is 16.6. The first-order valence-electron chi connectivity index (χ1n) is 6.10. The van der Waals surface area contributed by atoms with E-state index in [9.17, 15) is 24.6 Å². The first-order valence-corrected chi connectivity index (χ1v) is 6.10. The van der Waals surface area contributed by atoms with Crippen LogP contribution in [0.4, 0.5) is 0 Å². The molecule has 0 aromatic carbocycles. The molecule has 1 aliphatic rings. The van der Waals surface area contributed by atoms with Crippen molar-refractivity contribution in [1.29, 1.82) is 0 Å². The predicted molar refractivity (Wildman–Crippen MR) is 67.2 cm³/mol. The van der Waals surface area contributed by atoms with Gasteiger partial charge in [0, 0.05) is 11.8 Å². The third-order valence-electron chi connectivity index (χ3n) is 3.20. The number of aliphatic hydroxyl groups excluding tert-OH is 3. The molecule has 1 aliphatic heterocycles. The van der Waals surface area contributed by atoms with E-state index >= 15 is 0 Å². The maximum atomic E-state index is 11.8. The molecule has 0 saturated carbocycles. The maximum absolute atomic E-state index is 11.8. The number of primary amides is 1. The van der Waals surface area contributed by atoms with Gasteiger partial charge >= 0.3 is 5.69 Å². The molecule has 0 radical (unpaired) electrons. The van der Waals surface area contributed by atoms with Crippen molar-refractivity contribution >= 4 is 5.91 Å². The van der Waals surface area contributed by atoms with Crippen molar-refractivity contribution in [3.8, 4) is 0 Å². The number of aromatic amines is 1. The fraction of sp³-hybridized carbons (Fsp3) is 0.545. The Hall–Kier alpha value is -2.01. The monoisotopic (exact) mass is 301 g/mol. The molecule has 1 unspecified atom stereocenters. The average molecular weight is 301 g/mol. The Morgan fingerprint density at radius 3 is 2.57 bits per heavy atom. The molecule has 2 heterocycles. The molecular weight excluding hydrogens is 286 g/mol. The minimum Gasteiger partial charge on any atom is -0.394 e. The van der Waals surface area contributed by atoms with Crippen molar-refractivity contribution in [2.45, 2.75) is 31.0 Å². The van der Waals surface area contributed by atoms with E-state index in [-0.39, 0.29) is 5.56 Å². The lowest BCUT2D eigenvalue weighted by molar-refractivity contribution is -0.117. The van der Waals surface area contributed by atoms with E-state index in [4.69, 9.17) is 15.6 Å². The van der Waals surface area contributed by atoms with Crippen LogP contribution in [-0.4, -0.2) is 55.7 Å². The average Bonchev–Trinajstić information content (AvgIpc) is 2.69. The number of rotatable bonds is 4. The van der Waals surface area contributed by atoms with Crippen LogP contribution in [0.1, 0.15) is 11.8 Å². The Balaban J connectivity index is 2.42. The molecule has 10 heteroatoms. The second-order valence-corrected chi connectivity index (χ2v) is 4.69. The summed E-state index contributed by atoms with van der Waals surface area (Å²) in [7, 11) is 0. The van der Waals surface area contributed by atoms with Gasteiger partial charge in [0.1, 0.15) is 18.3 Å². The second-order valence-electron chi connectivity index (χ2n) is 4.69. The van der Waals surface area contributed by atoms with Gasteiger partial charge in [0.15, 0.2) is 6.23 Å². The van der Waals surface area contributed by atoms with Crippen molar-refractivity contribution in [1.82, 2.24) is 9.55 Å². The van der Waals surface area contributed by atoms with Gasteiger partial charge < -0.3 is 25.8 Å². The summed E-state index contributed by atoms with van der Waals surface area (Å²) in [6, 6.07) is 0. The minimum absolute atomic E-state index is 0.0835. The molecule has 1 amide bonds. The lowest BCUT2D eigenvalue weighted by Gasteiger charge is -2.17. The van der Waals surface area contributed by atoms with Gasteiger partial charge in [-0.25, -0.2) is 4.79 Å². The molecule has 0 bridgehead atoms. The van der Waals surface area contributed by atoms with Crippen molar-refractivity contribution in [2.24, 2.45) is 5.73 Å². The van der Waals surface area contributed by atoms with E-state index in [1.54, 1.807) is 0 Å². The van der Waals surface area contributed by atoms with Crippen molar-refractivity contribution in [3.63, 3.8) is 0 Å². The zero-order valence-corrected chi connectivity index (χ0v) is 10.8. The Labute approximate surface area is 117 Å². The topological polar surface area (TPSA) is 168 Å². The van der Waals surface area contributed by atoms with E-state index in [1.165, 1.54) is 0 Å². The van der Waals surface area contributed by atoms with Gasteiger partial charge in [-0.15, -0.1) is 0 Å². The summed E-state index contributed by atoms with van der Waals surface area (Å²) in [6.45, 7) is -0.555. The molecule has 1 fully saturated rings. The molecule has 0 aliphatic carbocycles. The van der Waals surface area contributed by atoms with Crippen LogP contribution < -0.4 is 17.0 Å². The minimum atomic E-state index is -1.48. The number of amides is 1. The SMILES string of the molecule is NC(=O)Cc1cn([C@@H]2O[C@H](CO)[C@H](O)C2O)c(=O)[nH]c1=O. The number of ether oxygens (including phenoxy) is 1. The molecular formula is C11H15N3O7. The van der Waals surface area contributed by atoms with Crippen molar-refractivity contribution in [2.75, 3.05) is 6.61 Å². The molecule has 10 nitrogen and oxygen atoms in total. The van der Waals surface area contributed by atoms with Gasteiger partial charge in [-0.1, -0.05) is 0 Å². The summed E-state index contributed by atoms with van der Waals surface area (Å²) in [6.07, 6.45) is -4.60. The number of carbonyl (C=O) groups excluding carboxylic acids is 1. The molecule has 21 heavy (non-hydrogen) atoms. The number of nitrogens with one attached hydrogen (secondary N) is 1. The van der Waals surface area contributed by atoms with E-state index < -0.39 is 54.7 Å². The zero-order chi connectivity index (χ0) is 15.7. The predicted octanol–water partition coefficient (Wildman–Crippen LogP) is -3.82. The summed E-state index contributed by atoms with van der Waals surface area (Å²) in [5, 5.41) is 28.5. The number of carbonyl (C=O) groups is 1. The summed E-state index contributed by atoms with van der Waals surface area (Å²) < 4.78 is 6.01. The third-order valence-corrected chi connectivity index (χ3v) is 3.20. The third kappa shape index (κ3) is 2.88. The number of hydrogen-bond acceptors (Lipinski definition) is 7. The van der Waals surface area contributed by atoms with Gasteiger partial charge in [-0.05, 0) is 0 Å². The van der Waals surface area contributed by atoms with Gasteiger partial charge in [0.25, 0.3) is 5.56 Å². The molecule has 1 saturated heterocycles. The van der Waals surface area contributed by atoms with Gasteiger partial charge in [0.2, 0.25) is 5.91 Å². The molecule has 4 atom stereocenters. The van der Waals surface area contributed by atoms with Gasteiger partial charge in [0.05, 0.1) is 13.0 Å². The fourth-order valence-corrected chi connectivity index (χ4v) is 2.14. The molecule has 0 spiro atoms. The van der Waals surface area contributed by atoms with Crippen LogP contribution in [-0.2, 0) is 16.0 Å². The van der Waals surface area contributed by atoms with E-state index in [2.05, 4.69) is 0 Å². The highest BCUT2D eigenvalue weighted by Crippen LogP contribution is 2.27. The van der Waals surface area contributed by atoms with E-state index in [0.717, 1.165) is 10.8 Å². The number of aromatic nitrogens is 2. The van der Waals surface area contributed by atoms with Crippen LogP contribution >= 0.6 is 0 Å². The Morgan fingerprint density at radius 2 is 2.05 bits per heavy atom. The zero-order valence-electron chi connectivity index (χ0n) is 10.8. The lowest BCUT2D eigenvalue weighted by Crippen LogP contribution is -2.39. The summed E-state index contributed by atoms with van der Waals surface area (Å²) >= 11 is 0. The Morgan fingerprint density at radius 1 is 1.38 bits per heavy atom. The van der Waals surface area contributed by atoms with Crippen LogP contribution in [0.2, 0.25) is 0 Å². The molecule has 116 valence electrons. The number of H-pyrrole nitrogens is 1. The van der Waals surface area contributed by atoms with E-state index in [0.29, 0.717) is 0 Å². The number of nitrogens with zero attached hydrogens (tertiary/aromatic N) is 1. The summed E-state index contributed by atoms with van der Waals surface area (Å²) in [4.78, 5) is 36.2. The van der Waals surface area contributed by atoms with Crippen LogP contribution in [0.3, 0.4) is 0 Å². The summed E-state index contributed by atoms with van der Waals surface area (Å²) in [5.74, 6) is -0.771. The Kier molecular flexibility index (Phi) is 4.23. The lowest BCUT2D eigenvalue weighted by atomic mass is 10.1. The molecule has 6 N–H and O–H groups in total. The Bertz CT molecular complexity index is 652. The largest absolute Gasteiger partial charge is 0.394 e. The summed E-state index contributed by atoms with van der Waals surface area (Å²) in [5.41, 5.74) is 3.25. The van der Waals surface area contributed by atoms with Crippen LogP contribution in [0, 0.1) is 0 Å². The number of nitrogens with two attached hydrogens (primary N) is 1. The number of aliphatic hydroxyl groups is 3.